The zero-order valence-electron chi connectivity index (χ0n) is 11.8. The first-order valence-corrected chi connectivity index (χ1v) is 5.75. The number of ether oxygens (including phenoxy) is 1. The Labute approximate surface area is 103 Å². The van der Waals surface area contributed by atoms with Gasteiger partial charge in [0.15, 0.2) is 0 Å². The largest absolute Gasteiger partial charge is 0.542 e. The molecule has 0 unspecified atom stereocenters. The Morgan fingerprint density at radius 3 is 2.06 bits per heavy atom. The smallest absolute Gasteiger partial charge is 0.430 e. The van der Waals surface area contributed by atoms with Crippen molar-refractivity contribution in [1.82, 2.24) is 0 Å². The molecule has 102 valence electrons. The van der Waals surface area contributed by atoms with Crippen molar-refractivity contribution in [3.05, 3.63) is 0 Å². The van der Waals surface area contributed by atoms with Crippen LogP contribution in [0.15, 0.2) is 0 Å². The Hall–Kier alpha value is -0.810. The van der Waals surface area contributed by atoms with E-state index in [9.17, 15) is 4.79 Å². The van der Waals surface area contributed by atoms with Crippen molar-refractivity contribution in [3.8, 4) is 0 Å². The van der Waals surface area contributed by atoms with Crippen LogP contribution in [-0.2, 0) is 19.6 Å². The van der Waals surface area contributed by atoms with Crippen LogP contribution in [0.5, 0.6) is 0 Å². The van der Waals surface area contributed by atoms with Gasteiger partial charge in [-0.15, -0.1) is 0 Å². The number of hydrogen-bond acceptors (Lipinski definition) is 5. The van der Waals surface area contributed by atoms with Gasteiger partial charge in [-0.05, 0) is 44.6 Å². The van der Waals surface area contributed by atoms with Crippen LogP contribution in [0.1, 0.15) is 54.9 Å². The molecule has 0 aliphatic heterocycles. The SMILES string of the molecule is CC(C)OC(=O)OOOC(C)(C)CC(C)(C)C. The van der Waals surface area contributed by atoms with Crippen molar-refractivity contribution >= 4 is 6.16 Å². The first kappa shape index (κ1) is 16.2. The Bertz CT molecular complexity index is 240. The molecule has 0 aliphatic rings. The van der Waals surface area contributed by atoms with Gasteiger partial charge in [0.05, 0.1) is 6.10 Å². The highest BCUT2D eigenvalue weighted by Gasteiger charge is 2.28. The summed E-state index contributed by atoms with van der Waals surface area (Å²) in [5.74, 6) is 0. The fourth-order valence-electron chi connectivity index (χ4n) is 1.66. The van der Waals surface area contributed by atoms with E-state index < -0.39 is 11.8 Å². The summed E-state index contributed by atoms with van der Waals surface area (Å²) in [6.07, 6.45) is -0.414. The molecule has 0 aromatic rings. The minimum Gasteiger partial charge on any atom is -0.430 e. The van der Waals surface area contributed by atoms with E-state index >= 15 is 0 Å². The molecule has 5 heteroatoms. The second kappa shape index (κ2) is 6.21. The first-order valence-electron chi connectivity index (χ1n) is 5.75. The third-order valence-corrected chi connectivity index (χ3v) is 1.65. The summed E-state index contributed by atoms with van der Waals surface area (Å²) < 4.78 is 4.70. The van der Waals surface area contributed by atoms with Gasteiger partial charge in [0, 0.05) is 0 Å². The van der Waals surface area contributed by atoms with E-state index in [0.29, 0.717) is 0 Å². The van der Waals surface area contributed by atoms with E-state index in [1.807, 2.05) is 13.8 Å². The summed E-state index contributed by atoms with van der Waals surface area (Å²) in [5, 5.41) is 4.43. The van der Waals surface area contributed by atoms with Crippen LogP contribution in [-0.4, -0.2) is 17.9 Å². The van der Waals surface area contributed by atoms with Crippen LogP contribution < -0.4 is 0 Å². The van der Waals surface area contributed by atoms with E-state index in [1.54, 1.807) is 13.8 Å². The van der Waals surface area contributed by atoms with E-state index in [-0.39, 0.29) is 11.5 Å². The van der Waals surface area contributed by atoms with Gasteiger partial charge in [-0.3, -0.25) is 0 Å². The van der Waals surface area contributed by atoms with Crippen molar-refractivity contribution in [2.24, 2.45) is 5.41 Å². The average Bonchev–Trinajstić information content (AvgIpc) is 1.95. The predicted molar refractivity (Wildman–Crippen MR) is 63.0 cm³/mol. The van der Waals surface area contributed by atoms with E-state index in [1.165, 1.54) is 0 Å². The summed E-state index contributed by atoms with van der Waals surface area (Å²) in [6, 6.07) is 0. The highest BCUT2D eigenvalue weighted by Crippen LogP contribution is 2.29. The highest BCUT2D eigenvalue weighted by atomic mass is 17.5. The van der Waals surface area contributed by atoms with Crippen LogP contribution in [0.4, 0.5) is 4.79 Å². The fourth-order valence-corrected chi connectivity index (χ4v) is 1.66. The molecule has 0 N–H and O–H groups in total. The fraction of sp³-hybridized carbons (Fsp3) is 0.917. The van der Waals surface area contributed by atoms with Gasteiger partial charge >= 0.3 is 6.16 Å². The normalized spacial score (nSPS) is 12.7. The van der Waals surface area contributed by atoms with Gasteiger partial charge < -0.3 is 4.74 Å². The van der Waals surface area contributed by atoms with Gasteiger partial charge in [0.25, 0.3) is 0 Å². The lowest BCUT2D eigenvalue weighted by atomic mass is 9.84. The van der Waals surface area contributed by atoms with E-state index in [0.717, 1.165) is 6.42 Å². The molecule has 0 heterocycles. The van der Waals surface area contributed by atoms with Crippen LogP contribution in [0, 0.1) is 5.41 Å². The molecule has 5 nitrogen and oxygen atoms in total. The minimum atomic E-state index is -0.911. The predicted octanol–water partition coefficient (Wildman–Crippen LogP) is 3.63. The van der Waals surface area contributed by atoms with Crippen molar-refractivity contribution in [2.45, 2.75) is 66.6 Å². The monoisotopic (exact) mass is 248 g/mol. The molecule has 0 saturated carbocycles. The molecule has 0 amide bonds. The molecule has 0 fully saturated rings. The molecule has 0 spiro atoms. The number of carbonyl (C=O) groups excluding carboxylic acids is 1. The summed E-state index contributed by atoms with van der Waals surface area (Å²) in [7, 11) is 0. The van der Waals surface area contributed by atoms with Crippen LogP contribution in [0.2, 0.25) is 0 Å². The Balaban J connectivity index is 3.91. The molecule has 0 radical (unpaired) electrons. The second-order valence-electron chi connectivity index (χ2n) is 6.15. The molecular formula is C12H24O5. The van der Waals surface area contributed by atoms with Gasteiger partial charge in [-0.2, -0.15) is 4.89 Å². The maximum Gasteiger partial charge on any atom is 0.542 e. The maximum absolute atomic E-state index is 11.0. The van der Waals surface area contributed by atoms with E-state index in [2.05, 4.69) is 30.7 Å². The van der Waals surface area contributed by atoms with Gasteiger partial charge in [0.2, 0.25) is 0 Å². The lowest BCUT2D eigenvalue weighted by molar-refractivity contribution is -0.518. The zero-order chi connectivity index (χ0) is 13.7. The number of rotatable bonds is 5. The third-order valence-electron chi connectivity index (χ3n) is 1.65. The Morgan fingerprint density at radius 2 is 1.65 bits per heavy atom. The summed E-state index contributed by atoms with van der Waals surface area (Å²) in [4.78, 5) is 20.3. The molecule has 0 aliphatic carbocycles. The van der Waals surface area contributed by atoms with Crippen molar-refractivity contribution in [1.29, 1.82) is 0 Å². The quantitative estimate of drug-likeness (QED) is 0.422. The number of carbonyl (C=O) groups is 1. The molecule has 0 aromatic carbocycles. The molecule has 0 atom stereocenters. The Kier molecular flexibility index (Phi) is 5.92. The highest BCUT2D eigenvalue weighted by molar-refractivity contribution is 5.59. The average molecular weight is 248 g/mol. The molecule has 0 bridgehead atoms. The van der Waals surface area contributed by atoms with Crippen LogP contribution in [0.3, 0.4) is 0 Å². The van der Waals surface area contributed by atoms with Gasteiger partial charge in [-0.1, -0.05) is 20.8 Å². The zero-order valence-corrected chi connectivity index (χ0v) is 11.8. The molecule has 0 saturated heterocycles. The topological polar surface area (TPSA) is 54.0 Å². The summed E-state index contributed by atoms with van der Waals surface area (Å²) >= 11 is 0. The van der Waals surface area contributed by atoms with Crippen molar-refractivity contribution < 1.29 is 24.3 Å². The maximum atomic E-state index is 11.0. The third kappa shape index (κ3) is 10.1. The summed E-state index contributed by atoms with van der Waals surface area (Å²) in [6.45, 7) is 13.4. The van der Waals surface area contributed by atoms with Gasteiger partial charge in [0.1, 0.15) is 5.60 Å². The Morgan fingerprint density at radius 1 is 1.12 bits per heavy atom. The van der Waals surface area contributed by atoms with Gasteiger partial charge in [-0.25, -0.2) is 9.68 Å². The molecular weight excluding hydrogens is 224 g/mol. The van der Waals surface area contributed by atoms with E-state index in [4.69, 9.17) is 9.62 Å². The minimum absolute atomic E-state index is 0.0886. The molecule has 0 aromatic heterocycles. The number of hydrogen-bond donors (Lipinski definition) is 0. The lowest BCUT2D eigenvalue weighted by Gasteiger charge is -2.29. The first-order chi connectivity index (χ1) is 7.52. The summed E-state index contributed by atoms with van der Waals surface area (Å²) in [5.41, 5.74) is -0.457. The standard InChI is InChI=1S/C12H24O5/c1-9(2)14-10(13)15-17-16-12(6,7)8-11(3,4)5/h9H,8H2,1-7H3. The lowest BCUT2D eigenvalue weighted by Crippen LogP contribution is -2.31. The molecule has 17 heavy (non-hydrogen) atoms. The second-order valence-corrected chi connectivity index (χ2v) is 6.15. The molecule has 0 rings (SSSR count). The van der Waals surface area contributed by atoms with Crippen LogP contribution in [0.25, 0.3) is 0 Å². The van der Waals surface area contributed by atoms with Crippen molar-refractivity contribution in [3.63, 3.8) is 0 Å². The van der Waals surface area contributed by atoms with Crippen molar-refractivity contribution in [2.75, 3.05) is 0 Å². The van der Waals surface area contributed by atoms with Crippen LogP contribution >= 0.6 is 0 Å².